The van der Waals surface area contributed by atoms with Gasteiger partial charge in [-0.3, -0.25) is 0 Å². The van der Waals surface area contributed by atoms with E-state index in [-0.39, 0.29) is 0 Å². The Morgan fingerprint density at radius 2 is 2.17 bits per heavy atom. The van der Waals surface area contributed by atoms with Crippen LogP contribution in [0, 0.1) is 0 Å². The Morgan fingerprint density at radius 3 is 2.89 bits per heavy atom. The molecule has 4 heteroatoms. The van der Waals surface area contributed by atoms with Crippen LogP contribution < -0.4 is 10.1 Å². The van der Waals surface area contributed by atoms with Crippen molar-refractivity contribution in [3.05, 3.63) is 28.2 Å². The molecule has 0 spiro atoms. The minimum Gasteiger partial charge on any atom is -0.496 e. The summed E-state index contributed by atoms with van der Waals surface area (Å²) in [5.74, 6) is 0.928. The van der Waals surface area contributed by atoms with Crippen molar-refractivity contribution in [2.24, 2.45) is 0 Å². The number of ether oxygens (including phenoxy) is 2. The zero-order chi connectivity index (χ0) is 13.0. The molecule has 1 aliphatic carbocycles. The molecule has 1 aromatic carbocycles. The highest BCUT2D eigenvalue weighted by molar-refractivity contribution is 9.10. The molecule has 1 saturated carbocycles. The first-order valence-electron chi connectivity index (χ1n) is 6.33. The van der Waals surface area contributed by atoms with Crippen molar-refractivity contribution in [2.45, 2.75) is 38.0 Å². The van der Waals surface area contributed by atoms with E-state index in [4.69, 9.17) is 9.47 Å². The van der Waals surface area contributed by atoms with Gasteiger partial charge >= 0.3 is 0 Å². The Bertz CT molecular complexity index is 397. The van der Waals surface area contributed by atoms with Crippen molar-refractivity contribution in [1.82, 2.24) is 5.32 Å². The molecular weight excluding hydrogens is 294 g/mol. The number of rotatable bonds is 5. The van der Waals surface area contributed by atoms with E-state index in [0.717, 1.165) is 23.2 Å². The molecule has 18 heavy (non-hydrogen) atoms. The first kappa shape index (κ1) is 13.8. The van der Waals surface area contributed by atoms with Crippen molar-refractivity contribution >= 4 is 15.9 Å². The van der Waals surface area contributed by atoms with Crippen molar-refractivity contribution < 1.29 is 9.47 Å². The fraction of sp³-hybridized carbons (Fsp3) is 0.571. The molecule has 0 heterocycles. The van der Waals surface area contributed by atoms with Gasteiger partial charge in [-0.1, -0.05) is 15.9 Å². The van der Waals surface area contributed by atoms with Crippen LogP contribution in [0.4, 0.5) is 0 Å². The average molecular weight is 314 g/mol. The topological polar surface area (TPSA) is 30.5 Å². The van der Waals surface area contributed by atoms with Gasteiger partial charge in [-0.15, -0.1) is 0 Å². The summed E-state index contributed by atoms with van der Waals surface area (Å²) in [5, 5.41) is 3.58. The van der Waals surface area contributed by atoms with E-state index < -0.39 is 0 Å². The standard InChI is InChI=1S/C14H20BrNO2/c1-17-13-7-6-11(15)8-10(13)9-16-12-4-3-5-14(12)18-2/h6-8,12,14,16H,3-5,9H2,1-2H3. The first-order valence-corrected chi connectivity index (χ1v) is 7.12. The zero-order valence-corrected chi connectivity index (χ0v) is 12.5. The largest absolute Gasteiger partial charge is 0.496 e. The maximum atomic E-state index is 5.49. The van der Waals surface area contributed by atoms with E-state index in [0.29, 0.717) is 12.1 Å². The van der Waals surface area contributed by atoms with Gasteiger partial charge in [0.05, 0.1) is 13.2 Å². The van der Waals surface area contributed by atoms with Crippen molar-refractivity contribution in [2.75, 3.05) is 14.2 Å². The molecule has 1 aliphatic rings. The molecule has 0 amide bonds. The maximum Gasteiger partial charge on any atom is 0.123 e. The molecule has 0 bridgehead atoms. The lowest BCUT2D eigenvalue weighted by atomic mass is 10.1. The zero-order valence-electron chi connectivity index (χ0n) is 10.9. The average Bonchev–Trinajstić information content (AvgIpc) is 2.84. The number of hydrogen-bond donors (Lipinski definition) is 1. The molecule has 3 nitrogen and oxygen atoms in total. The molecule has 1 N–H and O–H groups in total. The molecule has 1 fully saturated rings. The molecule has 0 saturated heterocycles. The van der Waals surface area contributed by atoms with E-state index in [1.807, 2.05) is 12.1 Å². The van der Waals surface area contributed by atoms with Gasteiger partial charge in [0.1, 0.15) is 5.75 Å². The number of hydrogen-bond acceptors (Lipinski definition) is 3. The quantitative estimate of drug-likeness (QED) is 0.906. The van der Waals surface area contributed by atoms with Gasteiger partial charge in [0, 0.05) is 29.7 Å². The Kier molecular flexibility index (Phi) is 5.03. The molecule has 0 radical (unpaired) electrons. The molecular formula is C14H20BrNO2. The summed E-state index contributed by atoms with van der Waals surface area (Å²) in [6, 6.07) is 6.54. The van der Waals surface area contributed by atoms with Crippen LogP contribution in [0.25, 0.3) is 0 Å². The fourth-order valence-corrected chi connectivity index (χ4v) is 2.98. The van der Waals surface area contributed by atoms with Crippen LogP contribution in [0.1, 0.15) is 24.8 Å². The normalized spacial score (nSPS) is 23.3. The number of methoxy groups -OCH3 is 2. The van der Waals surface area contributed by atoms with Crippen LogP contribution >= 0.6 is 15.9 Å². The molecule has 2 rings (SSSR count). The van der Waals surface area contributed by atoms with Gasteiger partial charge in [0.15, 0.2) is 0 Å². The second kappa shape index (κ2) is 6.55. The Labute approximate surface area is 117 Å². The lowest BCUT2D eigenvalue weighted by Crippen LogP contribution is -2.36. The van der Waals surface area contributed by atoms with E-state index in [1.165, 1.54) is 18.4 Å². The number of halogens is 1. The monoisotopic (exact) mass is 313 g/mol. The third-order valence-electron chi connectivity index (χ3n) is 3.55. The third-order valence-corrected chi connectivity index (χ3v) is 4.05. The molecule has 2 atom stereocenters. The van der Waals surface area contributed by atoms with Crippen LogP contribution in [0.2, 0.25) is 0 Å². The lowest BCUT2D eigenvalue weighted by Gasteiger charge is -2.20. The molecule has 2 unspecified atom stereocenters. The molecule has 1 aromatic rings. The van der Waals surface area contributed by atoms with Gasteiger partial charge < -0.3 is 14.8 Å². The second-order valence-electron chi connectivity index (χ2n) is 4.65. The lowest BCUT2D eigenvalue weighted by molar-refractivity contribution is 0.0846. The van der Waals surface area contributed by atoms with Crippen molar-refractivity contribution in [3.8, 4) is 5.75 Å². The van der Waals surface area contributed by atoms with Crippen molar-refractivity contribution in [3.63, 3.8) is 0 Å². The number of nitrogens with one attached hydrogen (secondary N) is 1. The van der Waals surface area contributed by atoms with Gasteiger partial charge in [-0.05, 0) is 37.5 Å². The number of benzene rings is 1. The maximum absolute atomic E-state index is 5.49. The summed E-state index contributed by atoms with van der Waals surface area (Å²) in [6.07, 6.45) is 3.94. The van der Waals surface area contributed by atoms with Gasteiger partial charge in [-0.25, -0.2) is 0 Å². The summed E-state index contributed by atoms with van der Waals surface area (Å²) in [5.41, 5.74) is 1.17. The second-order valence-corrected chi connectivity index (χ2v) is 5.56. The van der Waals surface area contributed by atoms with Crippen LogP contribution in [-0.4, -0.2) is 26.4 Å². The smallest absolute Gasteiger partial charge is 0.123 e. The van der Waals surface area contributed by atoms with E-state index in [1.54, 1.807) is 14.2 Å². The fourth-order valence-electron chi connectivity index (χ4n) is 2.57. The Balaban J connectivity index is 1.99. The summed E-state index contributed by atoms with van der Waals surface area (Å²) < 4.78 is 11.9. The highest BCUT2D eigenvalue weighted by atomic mass is 79.9. The SMILES string of the molecule is COc1ccc(Br)cc1CNC1CCCC1OC. The van der Waals surface area contributed by atoms with Crippen LogP contribution in [0.15, 0.2) is 22.7 Å². The van der Waals surface area contributed by atoms with Gasteiger partial charge in [0.25, 0.3) is 0 Å². The third kappa shape index (κ3) is 3.25. The highest BCUT2D eigenvalue weighted by Crippen LogP contribution is 2.25. The predicted octanol–water partition coefficient (Wildman–Crippen LogP) is 3.11. The Morgan fingerprint density at radius 1 is 1.33 bits per heavy atom. The Hall–Kier alpha value is -0.580. The summed E-state index contributed by atoms with van der Waals surface area (Å²) in [6.45, 7) is 0.813. The minimum absolute atomic E-state index is 0.350. The van der Waals surface area contributed by atoms with E-state index >= 15 is 0 Å². The predicted molar refractivity (Wildman–Crippen MR) is 76.0 cm³/mol. The molecule has 0 aromatic heterocycles. The van der Waals surface area contributed by atoms with Gasteiger partial charge in [-0.2, -0.15) is 0 Å². The molecule has 0 aliphatic heterocycles. The summed E-state index contributed by atoms with van der Waals surface area (Å²) >= 11 is 3.50. The summed E-state index contributed by atoms with van der Waals surface area (Å²) in [7, 11) is 3.50. The van der Waals surface area contributed by atoms with E-state index in [9.17, 15) is 0 Å². The van der Waals surface area contributed by atoms with Crippen LogP contribution in [-0.2, 0) is 11.3 Å². The highest BCUT2D eigenvalue weighted by Gasteiger charge is 2.26. The van der Waals surface area contributed by atoms with E-state index in [2.05, 4.69) is 27.3 Å². The van der Waals surface area contributed by atoms with Gasteiger partial charge in [0.2, 0.25) is 0 Å². The minimum atomic E-state index is 0.350. The summed E-state index contributed by atoms with van der Waals surface area (Å²) in [4.78, 5) is 0. The molecule has 100 valence electrons. The van der Waals surface area contributed by atoms with Crippen LogP contribution in [0.3, 0.4) is 0 Å². The van der Waals surface area contributed by atoms with Crippen molar-refractivity contribution in [1.29, 1.82) is 0 Å². The first-order chi connectivity index (χ1) is 8.74. The van der Waals surface area contributed by atoms with Crippen LogP contribution in [0.5, 0.6) is 5.75 Å².